The molecule has 4 aromatic rings. The smallest absolute Gasteiger partial charge is 0.387 e. The van der Waals surface area contributed by atoms with Crippen molar-refractivity contribution < 1.29 is 18.3 Å². The van der Waals surface area contributed by atoms with Gasteiger partial charge in [0.25, 0.3) is 0 Å². The van der Waals surface area contributed by atoms with Gasteiger partial charge in [-0.1, -0.05) is 29.5 Å². The van der Waals surface area contributed by atoms with Crippen LogP contribution in [0.5, 0.6) is 5.75 Å². The maximum absolute atomic E-state index is 12.7. The molecule has 0 amide bonds. The number of alkyl halides is 2. The molecule has 1 saturated heterocycles. The number of anilines is 1. The van der Waals surface area contributed by atoms with Crippen LogP contribution in [-0.4, -0.2) is 57.9 Å². The van der Waals surface area contributed by atoms with E-state index in [9.17, 15) is 8.78 Å². The molecule has 0 radical (unpaired) electrons. The maximum atomic E-state index is 12.7. The Morgan fingerprint density at radius 1 is 1.00 bits per heavy atom. The molecule has 2 aromatic carbocycles. The first kappa shape index (κ1) is 20.3. The Hall–Kier alpha value is -3.66. The van der Waals surface area contributed by atoms with Crippen LogP contribution in [0.1, 0.15) is 5.56 Å². The highest BCUT2D eigenvalue weighted by Crippen LogP contribution is 2.26. The molecule has 32 heavy (non-hydrogen) atoms. The van der Waals surface area contributed by atoms with Gasteiger partial charge in [-0.3, -0.25) is 0 Å². The number of hydrogen-bond donors (Lipinski definition) is 0. The van der Waals surface area contributed by atoms with E-state index in [0.717, 1.165) is 29.7 Å². The standard InChI is InChI=1S/C22H20F2N6O2/c23-21(24)32-20-4-2-1-3-16(20)14-30-19-11-15(5-6-18(19)27-28-30)17-12-25-22(26-13-17)29-7-9-31-10-8-29/h1-6,11-13,21H,7-10,14H2. The third-order valence-corrected chi connectivity index (χ3v) is 5.29. The first-order chi connectivity index (χ1) is 15.7. The zero-order valence-corrected chi connectivity index (χ0v) is 17.1. The van der Waals surface area contributed by atoms with Crippen LogP contribution in [0.25, 0.3) is 22.2 Å². The van der Waals surface area contributed by atoms with E-state index < -0.39 is 6.61 Å². The molecule has 2 aromatic heterocycles. The number of halogens is 2. The monoisotopic (exact) mass is 438 g/mol. The SMILES string of the molecule is FC(F)Oc1ccccc1Cn1nnc2ccc(-c3cnc(N4CCOCC4)nc3)cc21. The van der Waals surface area contributed by atoms with E-state index in [1.165, 1.54) is 6.07 Å². The first-order valence-electron chi connectivity index (χ1n) is 10.2. The van der Waals surface area contributed by atoms with Crippen LogP contribution >= 0.6 is 0 Å². The molecule has 0 aliphatic carbocycles. The molecular formula is C22H20F2N6O2. The summed E-state index contributed by atoms with van der Waals surface area (Å²) >= 11 is 0. The Bertz CT molecular complexity index is 1210. The molecule has 1 fully saturated rings. The van der Waals surface area contributed by atoms with Crippen molar-refractivity contribution in [3.8, 4) is 16.9 Å². The lowest BCUT2D eigenvalue weighted by Crippen LogP contribution is -2.37. The fourth-order valence-corrected chi connectivity index (χ4v) is 3.67. The van der Waals surface area contributed by atoms with Crippen molar-refractivity contribution in [3.63, 3.8) is 0 Å². The Kier molecular flexibility index (Phi) is 5.59. The van der Waals surface area contributed by atoms with Gasteiger partial charge in [0.05, 0.1) is 25.3 Å². The number of hydrogen-bond acceptors (Lipinski definition) is 7. The third kappa shape index (κ3) is 4.22. The van der Waals surface area contributed by atoms with Crippen molar-refractivity contribution in [3.05, 3.63) is 60.4 Å². The van der Waals surface area contributed by atoms with Crippen molar-refractivity contribution >= 4 is 17.0 Å². The summed E-state index contributed by atoms with van der Waals surface area (Å²) < 4.78 is 37.2. The predicted octanol–water partition coefficient (Wildman–Crippen LogP) is 3.37. The van der Waals surface area contributed by atoms with Gasteiger partial charge in [0.2, 0.25) is 5.95 Å². The minimum atomic E-state index is -2.89. The number of morpholine rings is 1. The molecule has 10 heteroatoms. The van der Waals surface area contributed by atoms with Crippen LogP contribution in [0.2, 0.25) is 0 Å². The molecular weight excluding hydrogens is 418 g/mol. The number of ether oxygens (including phenoxy) is 2. The number of rotatable bonds is 6. The fraction of sp³-hybridized carbons (Fsp3) is 0.273. The molecule has 164 valence electrons. The average Bonchev–Trinajstić information content (AvgIpc) is 3.23. The van der Waals surface area contributed by atoms with Crippen LogP contribution in [0.4, 0.5) is 14.7 Å². The summed E-state index contributed by atoms with van der Waals surface area (Å²) in [6, 6.07) is 12.4. The molecule has 0 bridgehead atoms. The number of aromatic nitrogens is 5. The van der Waals surface area contributed by atoms with Crippen LogP contribution in [-0.2, 0) is 11.3 Å². The zero-order valence-electron chi connectivity index (χ0n) is 17.1. The van der Waals surface area contributed by atoms with Gasteiger partial charge in [-0.05, 0) is 23.8 Å². The lowest BCUT2D eigenvalue weighted by Gasteiger charge is -2.26. The summed E-state index contributed by atoms with van der Waals surface area (Å²) in [5, 5.41) is 8.38. The molecule has 0 atom stereocenters. The van der Waals surface area contributed by atoms with Crippen molar-refractivity contribution in [2.24, 2.45) is 0 Å². The molecule has 0 saturated carbocycles. The van der Waals surface area contributed by atoms with Gasteiger partial charge in [-0.2, -0.15) is 8.78 Å². The van der Waals surface area contributed by atoms with Gasteiger partial charge in [-0.25, -0.2) is 14.6 Å². The average molecular weight is 438 g/mol. The van der Waals surface area contributed by atoms with Crippen molar-refractivity contribution in [1.82, 2.24) is 25.0 Å². The minimum Gasteiger partial charge on any atom is -0.434 e. The summed E-state index contributed by atoms with van der Waals surface area (Å²) in [5.41, 5.74) is 3.83. The van der Waals surface area contributed by atoms with Gasteiger partial charge in [0.1, 0.15) is 11.3 Å². The largest absolute Gasteiger partial charge is 0.434 e. The highest BCUT2D eigenvalue weighted by Gasteiger charge is 2.15. The zero-order chi connectivity index (χ0) is 21.9. The molecule has 0 unspecified atom stereocenters. The Balaban J connectivity index is 1.42. The number of fused-ring (bicyclic) bond motifs is 1. The van der Waals surface area contributed by atoms with Crippen LogP contribution in [0, 0.1) is 0 Å². The quantitative estimate of drug-likeness (QED) is 0.457. The second kappa shape index (κ2) is 8.83. The molecule has 1 aliphatic rings. The topological polar surface area (TPSA) is 78.2 Å². The van der Waals surface area contributed by atoms with E-state index >= 15 is 0 Å². The fourth-order valence-electron chi connectivity index (χ4n) is 3.67. The second-order valence-corrected chi connectivity index (χ2v) is 7.31. The number of para-hydroxylation sites is 1. The van der Waals surface area contributed by atoms with Crippen LogP contribution in [0.15, 0.2) is 54.9 Å². The van der Waals surface area contributed by atoms with E-state index in [4.69, 9.17) is 4.74 Å². The maximum Gasteiger partial charge on any atom is 0.387 e. The van der Waals surface area contributed by atoms with E-state index in [0.29, 0.717) is 30.2 Å². The minimum absolute atomic E-state index is 0.120. The van der Waals surface area contributed by atoms with Gasteiger partial charge >= 0.3 is 6.61 Å². The van der Waals surface area contributed by atoms with Crippen LogP contribution < -0.4 is 9.64 Å². The van der Waals surface area contributed by atoms with E-state index in [2.05, 4.69) is 29.9 Å². The lowest BCUT2D eigenvalue weighted by atomic mass is 10.1. The molecule has 3 heterocycles. The number of nitrogens with zero attached hydrogens (tertiary/aromatic N) is 6. The van der Waals surface area contributed by atoms with Gasteiger partial charge < -0.3 is 14.4 Å². The summed E-state index contributed by atoms with van der Waals surface area (Å²) in [5.74, 6) is 0.801. The van der Waals surface area contributed by atoms with Crippen molar-refractivity contribution in [1.29, 1.82) is 0 Å². The van der Waals surface area contributed by atoms with Gasteiger partial charge in [0, 0.05) is 36.6 Å². The van der Waals surface area contributed by atoms with Gasteiger partial charge in [0.15, 0.2) is 0 Å². The Morgan fingerprint density at radius 2 is 1.78 bits per heavy atom. The molecule has 1 aliphatic heterocycles. The van der Waals surface area contributed by atoms with Crippen molar-refractivity contribution in [2.75, 3.05) is 31.2 Å². The van der Waals surface area contributed by atoms with E-state index in [-0.39, 0.29) is 12.3 Å². The molecule has 0 N–H and O–H groups in total. The first-order valence-corrected chi connectivity index (χ1v) is 10.2. The highest BCUT2D eigenvalue weighted by atomic mass is 19.3. The molecule has 0 spiro atoms. The van der Waals surface area contributed by atoms with E-state index in [1.54, 1.807) is 35.3 Å². The Labute approximate surface area is 182 Å². The summed E-state index contributed by atoms with van der Waals surface area (Å²) in [4.78, 5) is 11.1. The second-order valence-electron chi connectivity index (χ2n) is 7.31. The highest BCUT2D eigenvalue weighted by molar-refractivity contribution is 5.81. The van der Waals surface area contributed by atoms with E-state index in [1.807, 2.05) is 18.2 Å². The summed E-state index contributed by atoms with van der Waals surface area (Å²) in [6.07, 6.45) is 3.58. The predicted molar refractivity (Wildman–Crippen MR) is 114 cm³/mol. The van der Waals surface area contributed by atoms with Crippen LogP contribution in [0.3, 0.4) is 0 Å². The summed E-state index contributed by atoms with van der Waals surface area (Å²) in [6.45, 7) is 0.236. The normalized spacial score (nSPS) is 14.3. The lowest BCUT2D eigenvalue weighted by molar-refractivity contribution is -0.0505. The molecule has 5 rings (SSSR count). The molecule has 8 nitrogen and oxygen atoms in total. The van der Waals surface area contributed by atoms with Gasteiger partial charge in [-0.15, -0.1) is 5.10 Å². The Morgan fingerprint density at radius 3 is 2.56 bits per heavy atom. The van der Waals surface area contributed by atoms with Crippen molar-refractivity contribution in [2.45, 2.75) is 13.2 Å². The third-order valence-electron chi connectivity index (χ3n) is 5.29. The number of benzene rings is 2. The summed E-state index contributed by atoms with van der Waals surface area (Å²) in [7, 11) is 0.